The second-order valence-corrected chi connectivity index (χ2v) is 6.85. The summed E-state index contributed by atoms with van der Waals surface area (Å²) in [6, 6.07) is 11.3. The lowest BCUT2D eigenvalue weighted by Gasteiger charge is -2.36. The van der Waals surface area contributed by atoms with E-state index in [1.165, 1.54) is 63.5 Å². The van der Waals surface area contributed by atoms with Gasteiger partial charge in [-0.15, -0.1) is 0 Å². The maximum absolute atomic E-state index is 5.98. The van der Waals surface area contributed by atoms with E-state index in [1.54, 1.807) is 0 Å². The molecule has 0 spiro atoms. The molecule has 116 valence electrons. The quantitative estimate of drug-likeness (QED) is 0.788. The Bertz CT molecular complexity index is 391. The second-order valence-electron chi connectivity index (χ2n) is 6.85. The molecule has 0 aliphatic heterocycles. The van der Waals surface area contributed by atoms with Crippen LogP contribution in [0.1, 0.15) is 56.9 Å². The largest absolute Gasteiger partial charge is 0.374 e. The summed E-state index contributed by atoms with van der Waals surface area (Å²) in [6.45, 7) is 1.98. The molecule has 2 heteroatoms. The van der Waals surface area contributed by atoms with Crippen molar-refractivity contribution in [2.45, 2.75) is 70.1 Å². The molecule has 0 atom stereocenters. The normalized spacial score (nSPS) is 27.0. The van der Waals surface area contributed by atoms with Crippen LogP contribution in [0.2, 0.25) is 0 Å². The summed E-state index contributed by atoms with van der Waals surface area (Å²) in [5, 5.41) is 3.80. The lowest BCUT2D eigenvalue weighted by molar-refractivity contribution is -0.0401. The lowest BCUT2D eigenvalue weighted by Crippen LogP contribution is -2.41. The molecule has 1 aromatic rings. The average Bonchev–Trinajstić information content (AvgIpc) is 2.75. The van der Waals surface area contributed by atoms with E-state index in [0.717, 1.165) is 18.6 Å². The minimum atomic E-state index is 0.492. The zero-order chi connectivity index (χ0) is 14.3. The molecule has 0 aromatic heterocycles. The molecule has 21 heavy (non-hydrogen) atoms. The highest BCUT2D eigenvalue weighted by atomic mass is 16.5. The molecule has 0 radical (unpaired) electrons. The van der Waals surface area contributed by atoms with E-state index in [4.69, 9.17) is 4.74 Å². The highest BCUT2D eigenvalue weighted by molar-refractivity contribution is 5.13. The summed E-state index contributed by atoms with van der Waals surface area (Å²) in [6.07, 6.45) is 11.5. The molecule has 0 bridgehead atoms. The topological polar surface area (TPSA) is 21.3 Å². The zero-order valence-corrected chi connectivity index (χ0v) is 13.1. The smallest absolute Gasteiger partial charge is 0.0720 e. The number of hydrogen-bond acceptors (Lipinski definition) is 2. The Morgan fingerprint density at radius 3 is 2.38 bits per heavy atom. The predicted molar refractivity (Wildman–Crippen MR) is 87.2 cm³/mol. The van der Waals surface area contributed by atoms with Crippen molar-refractivity contribution in [1.29, 1.82) is 0 Å². The summed E-state index contributed by atoms with van der Waals surface area (Å²) < 4.78 is 5.98. The van der Waals surface area contributed by atoms with E-state index in [0.29, 0.717) is 6.10 Å². The maximum Gasteiger partial charge on any atom is 0.0720 e. The van der Waals surface area contributed by atoms with Gasteiger partial charge in [-0.1, -0.05) is 56.0 Å². The minimum absolute atomic E-state index is 0.492. The van der Waals surface area contributed by atoms with E-state index in [-0.39, 0.29) is 0 Å². The summed E-state index contributed by atoms with van der Waals surface area (Å²) >= 11 is 0. The van der Waals surface area contributed by atoms with Gasteiger partial charge < -0.3 is 10.1 Å². The van der Waals surface area contributed by atoms with Gasteiger partial charge in [0, 0.05) is 6.04 Å². The molecule has 0 saturated heterocycles. The van der Waals surface area contributed by atoms with Gasteiger partial charge in [-0.25, -0.2) is 0 Å². The number of benzene rings is 1. The van der Waals surface area contributed by atoms with Crippen molar-refractivity contribution in [2.75, 3.05) is 6.54 Å². The van der Waals surface area contributed by atoms with Crippen molar-refractivity contribution >= 4 is 0 Å². The van der Waals surface area contributed by atoms with Crippen LogP contribution in [0.25, 0.3) is 0 Å². The first-order valence-electron chi connectivity index (χ1n) is 8.79. The third kappa shape index (κ3) is 4.82. The van der Waals surface area contributed by atoms with Crippen LogP contribution in [-0.4, -0.2) is 18.7 Å². The van der Waals surface area contributed by atoms with Gasteiger partial charge in [-0.2, -0.15) is 0 Å². The Balaban J connectivity index is 1.27. The molecule has 2 saturated carbocycles. The molecule has 0 heterocycles. The Kier molecular flexibility index (Phi) is 5.70. The van der Waals surface area contributed by atoms with Gasteiger partial charge in [0.1, 0.15) is 0 Å². The number of ether oxygens (including phenoxy) is 1. The zero-order valence-electron chi connectivity index (χ0n) is 13.1. The molecule has 2 fully saturated rings. The summed E-state index contributed by atoms with van der Waals surface area (Å²) in [7, 11) is 0. The van der Waals surface area contributed by atoms with Crippen LogP contribution in [0.4, 0.5) is 0 Å². The molecule has 0 amide bonds. The van der Waals surface area contributed by atoms with E-state index in [1.807, 2.05) is 0 Å². The van der Waals surface area contributed by atoms with Crippen LogP contribution >= 0.6 is 0 Å². The molecular weight excluding hydrogens is 258 g/mol. The third-order valence-electron chi connectivity index (χ3n) is 5.07. The standard InChI is InChI=1S/C19H29NO/c1-2-7-11-18(10-6-1)20-14-17-12-19(13-17)21-15-16-8-4-3-5-9-16/h3-5,8-9,17-20H,1-2,6-7,10-15H2. The highest BCUT2D eigenvalue weighted by Gasteiger charge is 2.30. The lowest BCUT2D eigenvalue weighted by atomic mass is 9.82. The Hall–Kier alpha value is -0.860. The summed E-state index contributed by atoms with van der Waals surface area (Å²) in [4.78, 5) is 0. The monoisotopic (exact) mass is 287 g/mol. The Morgan fingerprint density at radius 2 is 1.67 bits per heavy atom. The van der Waals surface area contributed by atoms with Crippen LogP contribution in [0.3, 0.4) is 0 Å². The van der Waals surface area contributed by atoms with E-state index in [9.17, 15) is 0 Å². The molecule has 1 aromatic carbocycles. The first kappa shape index (κ1) is 15.1. The number of hydrogen-bond donors (Lipinski definition) is 1. The van der Waals surface area contributed by atoms with Crippen molar-refractivity contribution in [3.8, 4) is 0 Å². The molecule has 0 unspecified atom stereocenters. The van der Waals surface area contributed by atoms with E-state index >= 15 is 0 Å². The molecular formula is C19H29NO. The van der Waals surface area contributed by atoms with Gasteiger partial charge in [0.25, 0.3) is 0 Å². The van der Waals surface area contributed by atoms with Gasteiger partial charge in [0.2, 0.25) is 0 Å². The van der Waals surface area contributed by atoms with Gasteiger partial charge in [0.05, 0.1) is 12.7 Å². The molecule has 3 rings (SSSR count). The Morgan fingerprint density at radius 1 is 0.952 bits per heavy atom. The molecule has 2 aliphatic rings. The van der Waals surface area contributed by atoms with Gasteiger partial charge in [-0.05, 0) is 43.7 Å². The Labute approximate surface area is 129 Å². The van der Waals surface area contributed by atoms with Crippen molar-refractivity contribution in [2.24, 2.45) is 5.92 Å². The van der Waals surface area contributed by atoms with Crippen LogP contribution in [0.15, 0.2) is 30.3 Å². The van der Waals surface area contributed by atoms with Gasteiger partial charge >= 0.3 is 0 Å². The maximum atomic E-state index is 5.98. The van der Waals surface area contributed by atoms with Crippen molar-refractivity contribution in [3.63, 3.8) is 0 Å². The van der Waals surface area contributed by atoms with Crippen molar-refractivity contribution < 1.29 is 4.74 Å². The number of rotatable bonds is 6. The fourth-order valence-electron chi connectivity index (χ4n) is 3.58. The first-order valence-corrected chi connectivity index (χ1v) is 8.79. The fraction of sp³-hybridized carbons (Fsp3) is 0.684. The predicted octanol–water partition coefficient (Wildman–Crippen LogP) is 4.29. The minimum Gasteiger partial charge on any atom is -0.374 e. The first-order chi connectivity index (χ1) is 10.4. The fourth-order valence-corrected chi connectivity index (χ4v) is 3.58. The van der Waals surface area contributed by atoms with Gasteiger partial charge in [-0.3, -0.25) is 0 Å². The summed E-state index contributed by atoms with van der Waals surface area (Å²) in [5.41, 5.74) is 1.29. The van der Waals surface area contributed by atoms with Gasteiger partial charge in [0.15, 0.2) is 0 Å². The molecule has 2 aliphatic carbocycles. The van der Waals surface area contributed by atoms with Crippen molar-refractivity contribution in [1.82, 2.24) is 5.32 Å². The molecule has 2 nitrogen and oxygen atoms in total. The van der Waals surface area contributed by atoms with Crippen LogP contribution < -0.4 is 5.32 Å². The second kappa shape index (κ2) is 7.95. The van der Waals surface area contributed by atoms with E-state index < -0.39 is 0 Å². The average molecular weight is 287 g/mol. The van der Waals surface area contributed by atoms with Crippen LogP contribution in [0, 0.1) is 5.92 Å². The van der Waals surface area contributed by atoms with Crippen LogP contribution in [-0.2, 0) is 11.3 Å². The molecule has 1 N–H and O–H groups in total. The third-order valence-corrected chi connectivity index (χ3v) is 5.07. The van der Waals surface area contributed by atoms with Crippen LogP contribution in [0.5, 0.6) is 0 Å². The van der Waals surface area contributed by atoms with Crippen molar-refractivity contribution in [3.05, 3.63) is 35.9 Å². The SMILES string of the molecule is c1ccc(COC2CC(CNC3CCCCCC3)C2)cc1. The highest BCUT2D eigenvalue weighted by Crippen LogP contribution is 2.30. The number of nitrogens with one attached hydrogen (secondary N) is 1. The van der Waals surface area contributed by atoms with E-state index in [2.05, 4.69) is 35.6 Å². The summed E-state index contributed by atoms with van der Waals surface area (Å²) in [5.74, 6) is 0.842.